The molecule has 6 aliphatic carbocycles. The van der Waals surface area contributed by atoms with Crippen molar-refractivity contribution in [3.8, 4) is 11.1 Å². The van der Waals surface area contributed by atoms with Crippen LogP contribution in [0.3, 0.4) is 0 Å². The molecule has 0 heterocycles. The fourth-order valence-electron chi connectivity index (χ4n) is 9.21. The maximum Gasteiger partial charge on any atom is -0.00575 e. The summed E-state index contributed by atoms with van der Waals surface area (Å²) in [6, 6.07) is 16.7. The van der Waals surface area contributed by atoms with Crippen molar-refractivity contribution >= 4 is 6.08 Å². The van der Waals surface area contributed by atoms with E-state index in [1.54, 1.807) is 34.2 Å². The Labute approximate surface area is 200 Å². The summed E-state index contributed by atoms with van der Waals surface area (Å²) in [6.07, 6.45) is 21.4. The van der Waals surface area contributed by atoms with Crippen molar-refractivity contribution < 1.29 is 0 Å². The summed E-state index contributed by atoms with van der Waals surface area (Å²) in [5, 5.41) is 0. The Morgan fingerprint density at radius 3 is 2.12 bits per heavy atom. The predicted octanol–water partition coefficient (Wildman–Crippen LogP) is 9.19. The standard InChI is InChI=1S/C33H40/c1-2-4-9-22(8-3-1)14-25-16-26-10-7-13-30(32(26)21-25)29-11-5-6-12-31(29)33-27-17-23-15-24(19-27)20-28(33)18-23/h5-7,10-13,21-24,27-28,33H,1-4,8-9,14-20H2. The summed E-state index contributed by atoms with van der Waals surface area (Å²) < 4.78 is 0. The van der Waals surface area contributed by atoms with Gasteiger partial charge in [0.05, 0.1) is 0 Å². The molecule has 172 valence electrons. The lowest BCUT2D eigenvalue weighted by Crippen LogP contribution is -2.43. The zero-order valence-electron chi connectivity index (χ0n) is 20.3. The normalized spacial score (nSPS) is 33.1. The van der Waals surface area contributed by atoms with Crippen LogP contribution in [0, 0.1) is 29.6 Å². The third kappa shape index (κ3) is 3.73. The highest BCUT2D eigenvalue weighted by molar-refractivity contribution is 5.82. The molecule has 0 amide bonds. The first-order valence-electron chi connectivity index (χ1n) is 14.2. The topological polar surface area (TPSA) is 0 Å². The smallest absolute Gasteiger partial charge is 0.00575 e. The van der Waals surface area contributed by atoms with Gasteiger partial charge in [0, 0.05) is 0 Å². The van der Waals surface area contributed by atoms with E-state index < -0.39 is 0 Å². The van der Waals surface area contributed by atoms with Gasteiger partial charge in [0.2, 0.25) is 0 Å². The average molecular weight is 437 g/mol. The summed E-state index contributed by atoms with van der Waals surface area (Å²) in [5.74, 6) is 5.72. The largest absolute Gasteiger partial charge is 0.0649 e. The molecule has 0 saturated heterocycles. The Kier molecular flexibility index (Phi) is 5.25. The van der Waals surface area contributed by atoms with Gasteiger partial charge in [0.15, 0.2) is 0 Å². The maximum absolute atomic E-state index is 2.61. The van der Waals surface area contributed by atoms with Gasteiger partial charge >= 0.3 is 0 Å². The summed E-state index contributed by atoms with van der Waals surface area (Å²) in [4.78, 5) is 0. The van der Waals surface area contributed by atoms with Gasteiger partial charge in [-0.15, -0.1) is 0 Å². The van der Waals surface area contributed by atoms with E-state index in [4.69, 9.17) is 0 Å². The Morgan fingerprint density at radius 2 is 1.36 bits per heavy atom. The van der Waals surface area contributed by atoms with Gasteiger partial charge in [0.25, 0.3) is 0 Å². The van der Waals surface area contributed by atoms with E-state index >= 15 is 0 Å². The highest BCUT2D eigenvalue weighted by atomic mass is 14.5. The van der Waals surface area contributed by atoms with Crippen molar-refractivity contribution in [3.05, 3.63) is 64.7 Å². The van der Waals surface area contributed by atoms with Gasteiger partial charge in [0.1, 0.15) is 0 Å². The molecule has 2 aromatic carbocycles. The summed E-state index contributed by atoms with van der Waals surface area (Å²) in [6.45, 7) is 0. The van der Waals surface area contributed by atoms with Crippen molar-refractivity contribution in [2.24, 2.45) is 29.6 Å². The van der Waals surface area contributed by atoms with Crippen molar-refractivity contribution in [1.29, 1.82) is 0 Å². The Balaban J connectivity index is 1.22. The van der Waals surface area contributed by atoms with Crippen LogP contribution in [-0.2, 0) is 6.42 Å². The molecule has 0 aliphatic heterocycles. The third-order valence-electron chi connectivity index (χ3n) is 10.3. The molecule has 0 spiro atoms. The average Bonchev–Trinajstić information content (AvgIpc) is 3.05. The Hall–Kier alpha value is -1.82. The molecule has 33 heavy (non-hydrogen) atoms. The van der Waals surface area contributed by atoms with E-state index in [0.29, 0.717) is 0 Å². The summed E-state index contributed by atoms with van der Waals surface area (Å²) >= 11 is 0. The van der Waals surface area contributed by atoms with E-state index in [0.717, 1.165) is 35.5 Å². The molecule has 6 aliphatic rings. The minimum atomic E-state index is 0.806. The van der Waals surface area contributed by atoms with Gasteiger partial charge < -0.3 is 0 Å². The quantitative estimate of drug-likeness (QED) is 0.419. The second-order valence-corrected chi connectivity index (χ2v) is 12.5. The van der Waals surface area contributed by atoms with Crippen LogP contribution >= 0.6 is 0 Å². The minimum absolute atomic E-state index is 0.806. The SMILES string of the molecule is C1=C(CC2CCCCCC2)Cc2cccc(-c3ccccc3C3C4CC5CC(C4)CC3C5)c21. The second kappa shape index (κ2) is 8.44. The second-order valence-electron chi connectivity index (χ2n) is 12.5. The van der Waals surface area contributed by atoms with Crippen molar-refractivity contribution in [1.82, 2.24) is 0 Å². The zero-order chi connectivity index (χ0) is 21.8. The Morgan fingerprint density at radius 1 is 0.667 bits per heavy atom. The number of hydrogen-bond donors (Lipinski definition) is 0. The highest BCUT2D eigenvalue weighted by Gasteiger charge is 2.49. The molecule has 0 heteroatoms. The van der Waals surface area contributed by atoms with Crippen molar-refractivity contribution in [2.45, 2.75) is 89.4 Å². The summed E-state index contributed by atoms with van der Waals surface area (Å²) in [5.41, 5.74) is 9.60. The number of rotatable bonds is 4. The lowest BCUT2D eigenvalue weighted by Gasteiger charge is -2.55. The molecule has 0 radical (unpaired) electrons. The predicted molar refractivity (Wildman–Crippen MR) is 139 cm³/mol. The van der Waals surface area contributed by atoms with E-state index in [1.165, 1.54) is 82.6 Å². The van der Waals surface area contributed by atoms with Crippen LogP contribution < -0.4 is 0 Å². The molecule has 8 rings (SSSR count). The van der Waals surface area contributed by atoms with Crippen LogP contribution in [0.4, 0.5) is 0 Å². The molecule has 5 saturated carbocycles. The van der Waals surface area contributed by atoms with Crippen LogP contribution in [0.1, 0.15) is 99.7 Å². The molecular formula is C33H40. The number of allylic oxidation sites excluding steroid dienone is 1. The van der Waals surface area contributed by atoms with Crippen LogP contribution in [0.25, 0.3) is 17.2 Å². The van der Waals surface area contributed by atoms with Crippen molar-refractivity contribution in [3.63, 3.8) is 0 Å². The fourth-order valence-corrected chi connectivity index (χ4v) is 9.21. The van der Waals surface area contributed by atoms with E-state index in [2.05, 4.69) is 48.5 Å². The monoisotopic (exact) mass is 436 g/mol. The van der Waals surface area contributed by atoms with Crippen LogP contribution in [0.15, 0.2) is 48.0 Å². The van der Waals surface area contributed by atoms with Gasteiger partial charge in [-0.2, -0.15) is 0 Å². The number of benzene rings is 2. The van der Waals surface area contributed by atoms with Crippen LogP contribution in [-0.4, -0.2) is 0 Å². The van der Waals surface area contributed by atoms with Crippen LogP contribution in [0.2, 0.25) is 0 Å². The first-order valence-corrected chi connectivity index (χ1v) is 14.2. The van der Waals surface area contributed by atoms with Gasteiger partial charge in [-0.1, -0.05) is 92.6 Å². The molecular weight excluding hydrogens is 396 g/mol. The van der Waals surface area contributed by atoms with Gasteiger partial charge in [-0.3, -0.25) is 0 Å². The molecule has 0 nitrogen and oxygen atoms in total. The summed E-state index contributed by atoms with van der Waals surface area (Å²) in [7, 11) is 0. The fraction of sp³-hybridized carbons (Fsp3) is 0.576. The maximum atomic E-state index is 2.61. The van der Waals surface area contributed by atoms with E-state index in [9.17, 15) is 0 Å². The number of fused-ring (bicyclic) bond motifs is 1. The van der Waals surface area contributed by atoms with E-state index in [-0.39, 0.29) is 0 Å². The lowest BCUT2D eigenvalue weighted by molar-refractivity contribution is -0.00260. The number of hydrogen-bond acceptors (Lipinski definition) is 0. The van der Waals surface area contributed by atoms with Gasteiger partial charge in [-0.05, 0) is 108 Å². The molecule has 0 N–H and O–H groups in total. The minimum Gasteiger partial charge on any atom is -0.0649 e. The van der Waals surface area contributed by atoms with E-state index in [1.807, 2.05) is 0 Å². The Bertz CT molecular complexity index is 1020. The van der Waals surface area contributed by atoms with Gasteiger partial charge in [-0.25, -0.2) is 0 Å². The molecule has 0 aromatic heterocycles. The third-order valence-corrected chi connectivity index (χ3v) is 10.3. The van der Waals surface area contributed by atoms with Crippen LogP contribution in [0.5, 0.6) is 0 Å². The van der Waals surface area contributed by atoms with Crippen molar-refractivity contribution in [2.75, 3.05) is 0 Å². The molecule has 5 fully saturated rings. The molecule has 0 atom stereocenters. The highest BCUT2D eigenvalue weighted by Crippen LogP contribution is 2.60. The lowest BCUT2D eigenvalue weighted by atomic mass is 9.50. The zero-order valence-corrected chi connectivity index (χ0v) is 20.3. The molecule has 4 bridgehead atoms. The first kappa shape index (κ1) is 20.5. The molecule has 2 aromatic rings. The first-order chi connectivity index (χ1) is 16.3. The molecule has 0 unspecified atom stereocenters.